The summed E-state index contributed by atoms with van der Waals surface area (Å²) in [7, 11) is -1.79. The van der Waals surface area contributed by atoms with E-state index in [2.05, 4.69) is 39.4 Å². The molecule has 0 fully saturated rings. The summed E-state index contributed by atoms with van der Waals surface area (Å²) < 4.78 is 27.1. The molecule has 0 aliphatic carbocycles. The monoisotopic (exact) mass is 530 g/mol. The van der Waals surface area contributed by atoms with Gasteiger partial charge in [-0.2, -0.15) is 0 Å². The molecule has 0 bridgehead atoms. The predicted molar refractivity (Wildman–Crippen MR) is 131 cm³/mol. The number of benzene rings is 2. The van der Waals surface area contributed by atoms with Crippen LogP contribution in [0.2, 0.25) is 0 Å². The van der Waals surface area contributed by atoms with Crippen molar-refractivity contribution in [1.82, 2.24) is 15.4 Å². The SMILES string of the molecule is CN=C(NCCNS(=O)(=O)c1ccc(C)cc1)NC(C)CCc1ccccc1.I. The third-order valence-electron chi connectivity index (χ3n) is 4.36. The number of rotatable bonds is 9. The summed E-state index contributed by atoms with van der Waals surface area (Å²) in [6.07, 6.45) is 1.97. The molecule has 2 rings (SSSR count). The Labute approximate surface area is 191 Å². The predicted octanol–water partition coefficient (Wildman–Crippen LogP) is 3.08. The molecule has 3 N–H and O–H groups in total. The van der Waals surface area contributed by atoms with Crippen molar-refractivity contribution in [2.24, 2.45) is 4.99 Å². The van der Waals surface area contributed by atoms with Gasteiger partial charge in [0.15, 0.2) is 5.96 Å². The summed E-state index contributed by atoms with van der Waals surface area (Å²) in [5.41, 5.74) is 2.33. The molecule has 0 aliphatic heterocycles. The molecule has 0 saturated heterocycles. The zero-order valence-corrected chi connectivity index (χ0v) is 20.3. The lowest BCUT2D eigenvalue weighted by Crippen LogP contribution is -2.44. The van der Waals surface area contributed by atoms with E-state index in [9.17, 15) is 8.42 Å². The van der Waals surface area contributed by atoms with E-state index < -0.39 is 10.0 Å². The molecule has 0 saturated carbocycles. The maximum Gasteiger partial charge on any atom is 0.240 e. The number of aryl methyl sites for hydroxylation is 2. The highest BCUT2D eigenvalue weighted by Crippen LogP contribution is 2.09. The maximum atomic E-state index is 12.3. The van der Waals surface area contributed by atoms with Crippen molar-refractivity contribution in [1.29, 1.82) is 0 Å². The first-order chi connectivity index (χ1) is 13.4. The Morgan fingerprint density at radius 3 is 2.31 bits per heavy atom. The summed E-state index contributed by atoms with van der Waals surface area (Å²) in [5, 5.41) is 6.48. The van der Waals surface area contributed by atoms with Gasteiger partial charge in [-0.15, -0.1) is 24.0 Å². The van der Waals surface area contributed by atoms with Gasteiger partial charge in [-0.1, -0.05) is 48.0 Å². The minimum atomic E-state index is -3.49. The second kappa shape index (κ2) is 12.8. The van der Waals surface area contributed by atoms with E-state index in [4.69, 9.17) is 0 Å². The van der Waals surface area contributed by atoms with E-state index in [1.807, 2.05) is 25.1 Å². The largest absolute Gasteiger partial charge is 0.355 e. The second-order valence-corrected chi connectivity index (χ2v) is 8.55. The van der Waals surface area contributed by atoms with E-state index >= 15 is 0 Å². The highest BCUT2D eigenvalue weighted by Gasteiger charge is 2.13. The van der Waals surface area contributed by atoms with Crippen LogP contribution in [0.5, 0.6) is 0 Å². The van der Waals surface area contributed by atoms with E-state index in [1.165, 1.54) is 5.56 Å². The quantitative estimate of drug-likeness (QED) is 0.202. The number of sulfonamides is 1. The molecular formula is C21H31IN4O2S. The molecule has 0 aliphatic rings. The topological polar surface area (TPSA) is 82.6 Å². The van der Waals surface area contributed by atoms with Crippen LogP contribution in [-0.2, 0) is 16.4 Å². The molecule has 160 valence electrons. The number of hydrogen-bond acceptors (Lipinski definition) is 3. The van der Waals surface area contributed by atoms with Crippen molar-refractivity contribution < 1.29 is 8.42 Å². The minimum absolute atomic E-state index is 0. The Balaban J connectivity index is 0.00000420. The molecule has 6 nitrogen and oxygen atoms in total. The van der Waals surface area contributed by atoms with Crippen LogP contribution in [0, 0.1) is 6.92 Å². The highest BCUT2D eigenvalue weighted by molar-refractivity contribution is 14.0. The third-order valence-corrected chi connectivity index (χ3v) is 5.83. The van der Waals surface area contributed by atoms with Gasteiger partial charge in [-0.25, -0.2) is 13.1 Å². The summed E-state index contributed by atoms with van der Waals surface area (Å²) in [6.45, 7) is 4.74. The minimum Gasteiger partial charge on any atom is -0.355 e. The fourth-order valence-corrected chi connectivity index (χ4v) is 3.73. The van der Waals surface area contributed by atoms with Crippen LogP contribution in [0.15, 0.2) is 64.5 Å². The van der Waals surface area contributed by atoms with Gasteiger partial charge in [0.05, 0.1) is 4.90 Å². The molecule has 0 amide bonds. The first-order valence-corrected chi connectivity index (χ1v) is 11.0. The summed E-state index contributed by atoms with van der Waals surface area (Å²) in [5.74, 6) is 0.662. The average molecular weight is 530 g/mol. The van der Waals surface area contributed by atoms with Crippen molar-refractivity contribution in [2.45, 2.75) is 37.6 Å². The van der Waals surface area contributed by atoms with Crippen LogP contribution in [0.4, 0.5) is 0 Å². The Morgan fingerprint density at radius 2 is 1.69 bits per heavy atom. The number of aliphatic imine (C=N–C) groups is 1. The van der Waals surface area contributed by atoms with Gasteiger partial charge in [0.2, 0.25) is 10.0 Å². The van der Waals surface area contributed by atoms with Gasteiger partial charge in [0, 0.05) is 26.2 Å². The van der Waals surface area contributed by atoms with Crippen molar-refractivity contribution in [3.05, 3.63) is 65.7 Å². The number of guanidine groups is 1. The molecule has 0 radical (unpaired) electrons. The molecule has 1 unspecified atom stereocenters. The molecular weight excluding hydrogens is 499 g/mol. The van der Waals surface area contributed by atoms with E-state index in [-0.39, 0.29) is 41.5 Å². The first-order valence-electron chi connectivity index (χ1n) is 9.48. The number of halogens is 1. The molecule has 8 heteroatoms. The maximum absolute atomic E-state index is 12.3. The van der Waals surface area contributed by atoms with Gasteiger partial charge in [0.25, 0.3) is 0 Å². The summed E-state index contributed by atoms with van der Waals surface area (Å²) in [4.78, 5) is 4.48. The van der Waals surface area contributed by atoms with Crippen molar-refractivity contribution in [3.63, 3.8) is 0 Å². The lowest BCUT2D eigenvalue weighted by atomic mass is 10.1. The summed E-state index contributed by atoms with van der Waals surface area (Å²) >= 11 is 0. The standard InChI is InChI=1S/C21H30N4O2S.HI/c1-17-9-13-20(14-10-17)28(26,27)24-16-15-23-21(22-3)25-18(2)11-12-19-7-5-4-6-8-19;/h4-10,13-14,18,24H,11-12,15-16H2,1-3H3,(H2,22,23,25);1H. The molecule has 29 heavy (non-hydrogen) atoms. The lowest BCUT2D eigenvalue weighted by molar-refractivity contribution is 0.577. The Hall–Kier alpha value is -1.65. The van der Waals surface area contributed by atoms with Gasteiger partial charge >= 0.3 is 0 Å². The van der Waals surface area contributed by atoms with Crippen LogP contribution < -0.4 is 15.4 Å². The highest BCUT2D eigenvalue weighted by atomic mass is 127. The second-order valence-electron chi connectivity index (χ2n) is 6.78. The normalized spacial score (nSPS) is 12.7. The van der Waals surface area contributed by atoms with Crippen LogP contribution >= 0.6 is 24.0 Å². The molecule has 0 spiro atoms. The average Bonchev–Trinajstić information content (AvgIpc) is 2.70. The Bertz CT molecular complexity index is 856. The van der Waals surface area contributed by atoms with E-state index in [0.29, 0.717) is 12.5 Å². The number of nitrogens with zero attached hydrogens (tertiary/aromatic N) is 1. The van der Waals surface area contributed by atoms with Gasteiger partial charge < -0.3 is 10.6 Å². The number of nitrogens with one attached hydrogen (secondary N) is 3. The fraction of sp³-hybridized carbons (Fsp3) is 0.381. The zero-order chi connectivity index (χ0) is 20.4. The van der Waals surface area contributed by atoms with E-state index in [1.54, 1.807) is 31.3 Å². The van der Waals surface area contributed by atoms with E-state index in [0.717, 1.165) is 18.4 Å². The molecule has 2 aromatic rings. The first kappa shape index (κ1) is 25.4. The smallest absolute Gasteiger partial charge is 0.240 e. The summed E-state index contributed by atoms with van der Waals surface area (Å²) in [6, 6.07) is 17.4. The zero-order valence-electron chi connectivity index (χ0n) is 17.2. The molecule has 0 aromatic heterocycles. The van der Waals surface area contributed by atoms with Crippen LogP contribution in [0.3, 0.4) is 0 Å². The lowest BCUT2D eigenvalue weighted by Gasteiger charge is -2.18. The van der Waals surface area contributed by atoms with Crippen LogP contribution in [0.25, 0.3) is 0 Å². The van der Waals surface area contributed by atoms with Crippen LogP contribution in [0.1, 0.15) is 24.5 Å². The molecule has 1 atom stereocenters. The fourth-order valence-electron chi connectivity index (χ4n) is 2.70. The Kier molecular flexibility index (Phi) is 11.2. The molecule has 2 aromatic carbocycles. The Morgan fingerprint density at radius 1 is 1.03 bits per heavy atom. The third kappa shape index (κ3) is 9.14. The van der Waals surface area contributed by atoms with Crippen LogP contribution in [-0.4, -0.2) is 40.6 Å². The molecule has 0 heterocycles. The van der Waals surface area contributed by atoms with Gasteiger partial charge in [0.1, 0.15) is 0 Å². The van der Waals surface area contributed by atoms with Crippen molar-refractivity contribution >= 4 is 40.0 Å². The van der Waals surface area contributed by atoms with Crippen molar-refractivity contribution in [3.8, 4) is 0 Å². The number of hydrogen-bond donors (Lipinski definition) is 3. The van der Waals surface area contributed by atoms with Gasteiger partial charge in [-0.3, -0.25) is 4.99 Å². The van der Waals surface area contributed by atoms with Gasteiger partial charge in [-0.05, 0) is 44.4 Å². The van der Waals surface area contributed by atoms with Crippen molar-refractivity contribution in [2.75, 3.05) is 20.1 Å².